The van der Waals surface area contributed by atoms with Crippen molar-refractivity contribution in [2.45, 2.75) is 6.54 Å². The van der Waals surface area contributed by atoms with Gasteiger partial charge in [-0.2, -0.15) is 0 Å². The van der Waals surface area contributed by atoms with Gasteiger partial charge in [-0.15, -0.1) is 0 Å². The van der Waals surface area contributed by atoms with Crippen LogP contribution in [-0.4, -0.2) is 19.5 Å². The van der Waals surface area contributed by atoms with Crippen molar-refractivity contribution in [1.29, 1.82) is 0 Å². The van der Waals surface area contributed by atoms with Crippen LogP contribution >= 0.6 is 27.5 Å². The molecule has 0 bridgehead atoms. The summed E-state index contributed by atoms with van der Waals surface area (Å²) in [7, 11) is 1.90. The number of halogens is 3. The van der Waals surface area contributed by atoms with Crippen LogP contribution in [0.25, 0.3) is 0 Å². The minimum Gasteiger partial charge on any atom is -0.326 e. The van der Waals surface area contributed by atoms with E-state index in [4.69, 9.17) is 11.6 Å². The molecule has 0 saturated heterocycles. The highest BCUT2D eigenvalue weighted by Crippen LogP contribution is 2.19. The summed E-state index contributed by atoms with van der Waals surface area (Å²) in [6.07, 6.45) is 0. The van der Waals surface area contributed by atoms with Gasteiger partial charge in [-0.25, -0.2) is 4.39 Å². The molecule has 0 saturated carbocycles. The van der Waals surface area contributed by atoms with E-state index in [9.17, 15) is 9.18 Å². The van der Waals surface area contributed by atoms with Crippen molar-refractivity contribution >= 4 is 39.1 Å². The monoisotopic (exact) mass is 385 g/mol. The zero-order valence-electron chi connectivity index (χ0n) is 12.0. The van der Waals surface area contributed by atoms with Crippen LogP contribution < -0.4 is 10.2 Å². The Morgan fingerprint density at radius 1 is 1.32 bits per heavy atom. The first kappa shape index (κ1) is 16.9. The standard InChI is InChI=1S/C16H15BrClFN2O/c1-21(9-11-3-2-4-13(18)7-11)10-16(22)20-15-6-5-12(17)8-14(15)19/h2-8H,9-10H2,1H3,(H,20,22)/p+1. The number of carbonyl (C=O) groups is 1. The molecule has 1 unspecified atom stereocenters. The van der Waals surface area contributed by atoms with E-state index in [2.05, 4.69) is 21.2 Å². The van der Waals surface area contributed by atoms with Crippen LogP contribution in [0.1, 0.15) is 5.56 Å². The summed E-state index contributed by atoms with van der Waals surface area (Å²) in [5, 5.41) is 3.26. The van der Waals surface area contributed by atoms with Gasteiger partial charge in [-0.3, -0.25) is 4.79 Å². The average Bonchev–Trinajstić information content (AvgIpc) is 2.41. The summed E-state index contributed by atoms with van der Waals surface area (Å²) in [5.41, 5.74) is 1.23. The second-order valence-corrected chi connectivity index (χ2v) is 6.47. The summed E-state index contributed by atoms with van der Waals surface area (Å²) in [6, 6.07) is 12.0. The van der Waals surface area contributed by atoms with Crippen molar-refractivity contribution in [2.75, 3.05) is 18.9 Å². The molecular formula is C16H16BrClFN2O+. The van der Waals surface area contributed by atoms with Gasteiger partial charge >= 0.3 is 0 Å². The Balaban J connectivity index is 1.91. The third-order valence-electron chi connectivity index (χ3n) is 3.06. The van der Waals surface area contributed by atoms with E-state index in [-0.39, 0.29) is 18.1 Å². The van der Waals surface area contributed by atoms with E-state index in [0.29, 0.717) is 16.0 Å². The minimum absolute atomic E-state index is 0.184. The van der Waals surface area contributed by atoms with Gasteiger partial charge in [0, 0.05) is 15.1 Å². The third kappa shape index (κ3) is 5.09. The van der Waals surface area contributed by atoms with Crippen LogP contribution in [0.3, 0.4) is 0 Å². The lowest BCUT2D eigenvalue weighted by molar-refractivity contribution is -0.885. The normalized spacial score (nSPS) is 12.0. The van der Waals surface area contributed by atoms with Gasteiger partial charge in [0.25, 0.3) is 5.91 Å². The SMILES string of the molecule is C[NH+](CC(=O)Nc1ccc(Br)cc1F)Cc1cccc(Cl)c1. The zero-order valence-corrected chi connectivity index (χ0v) is 14.3. The topological polar surface area (TPSA) is 33.5 Å². The van der Waals surface area contributed by atoms with E-state index in [1.54, 1.807) is 6.07 Å². The predicted octanol–water partition coefficient (Wildman–Crippen LogP) is 2.90. The molecule has 0 aliphatic carbocycles. The number of hydrogen-bond acceptors (Lipinski definition) is 1. The minimum atomic E-state index is -0.463. The van der Waals surface area contributed by atoms with Crippen LogP contribution in [-0.2, 0) is 11.3 Å². The van der Waals surface area contributed by atoms with Crippen LogP contribution in [0.5, 0.6) is 0 Å². The Labute approximate surface area is 142 Å². The third-order valence-corrected chi connectivity index (χ3v) is 3.79. The van der Waals surface area contributed by atoms with E-state index >= 15 is 0 Å². The Hall–Kier alpha value is -1.43. The Morgan fingerprint density at radius 2 is 2.09 bits per heavy atom. The molecule has 0 spiro atoms. The van der Waals surface area contributed by atoms with Crippen molar-refractivity contribution in [1.82, 2.24) is 0 Å². The van der Waals surface area contributed by atoms with Crippen molar-refractivity contribution in [3.63, 3.8) is 0 Å². The van der Waals surface area contributed by atoms with Gasteiger partial charge in [0.05, 0.1) is 12.7 Å². The number of anilines is 1. The van der Waals surface area contributed by atoms with E-state index < -0.39 is 5.82 Å². The van der Waals surface area contributed by atoms with Crippen molar-refractivity contribution in [3.8, 4) is 0 Å². The highest BCUT2D eigenvalue weighted by Gasteiger charge is 2.13. The van der Waals surface area contributed by atoms with Gasteiger partial charge in [-0.1, -0.05) is 39.7 Å². The number of benzene rings is 2. The molecule has 0 fully saturated rings. The van der Waals surface area contributed by atoms with Gasteiger partial charge in [0.2, 0.25) is 0 Å². The molecule has 116 valence electrons. The van der Waals surface area contributed by atoms with Gasteiger partial charge < -0.3 is 10.2 Å². The second-order valence-electron chi connectivity index (χ2n) is 5.11. The lowest BCUT2D eigenvalue weighted by Crippen LogP contribution is -3.08. The largest absolute Gasteiger partial charge is 0.326 e. The Bertz CT molecular complexity index is 681. The number of rotatable bonds is 5. The first-order valence-corrected chi connectivity index (χ1v) is 7.92. The van der Waals surface area contributed by atoms with Crippen LogP contribution in [0.2, 0.25) is 5.02 Å². The molecule has 2 N–H and O–H groups in total. The first-order chi connectivity index (χ1) is 10.4. The van der Waals surface area contributed by atoms with Crippen molar-refractivity contribution in [3.05, 3.63) is 63.3 Å². The van der Waals surface area contributed by atoms with Crippen LogP contribution in [0, 0.1) is 5.82 Å². The second kappa shape index (κ2) is 7.72. The fourth-order valence-electron chi connectivity index (χ4n) is 2.12. The molecule has 6 heteroatoms. The molecule has 1 amide bonds. The highest BCUT2D eigenvalue weighted by molar-refractivity contribution is 9.10. The van der Waals surface area contributed by atoms with Gasteiger partial charge in [-0.05, 0) is 30.3 Å². The maximum absolute atomic E-state index is 13.7. The molecule has 22 heavy (non-hydrogen) atoms. The molecule has 0 aliphatic rings. The molecule has 1 atom stereocenters. The van der Waals surface area contributed by atoms with E-state index in [1.165, 1.54) is 12.1 Å². The maximum Gasteiger partial charge on any atom is 0.279 e. The number of quaternary nitrogens is 1. The van der Waals surface area contributed by atoms with Gasteiger partial charge in [0.15, 0.2) is 6.54 Å². The summed E-state index contributed by atoms with van der Waals surface area (Å²) in [6.45, 7) is 0.902. The lowest BCUT2D eigenvalue weighted by atomic mass is 10.2. The summed E-state index contributed by atoms with van der Waals surface area (Å²) in [5.74, 6) is -0.698. The van der Waals surface area contributed by atoms with E-state index in [1.807, 2.05) is 31.3 Å². The fourth-order valence-corrected chi connectivity index (χ4v) is 2.66. The fraction of sp³-hybridized carbons (Fsp3) is 0.188. The molecular weight excluding hydrogens is 371 g/mol. The first-order valence-electron chi connectivity index (χ1n) is 6.74. The Morgan fingerprint density at radius 3 is 2.77 bits per heavy atom. The summed E-state index contributed by atoms with van der Waals surface area (Å²) < 4.78 is 14.3. The summed E-state index contributed by atoms with van der Waals surface area (Å²) >= 11 is 9.12. The highest BCUT2D eigenvalue weighted by atomic mass is 79.9. The number of hydrogen-bond donors (Lipinski definition) is 2. The van der Waals surface area contributed by atoms with Crippen molar-refractivity contribution in [2.24, 2.45) is 0 Å². The number of carbonyl (C=O) groups excluding carboxylic acids is 1. The van der Waals surface area contributed by atoms with E-state index in [0.717, 1.165) is 10.5 Å². The smallest absolute Gasteiger partial charge is 0.279 e. The number of amides is 1. The molecule has 0 aliphatic heterocycles. The molecule has 2 aromatic carbocycles. The molecule has 2 aromatic rings. The zero-order chi connectivity index (χ0) is 16.1. The summed E-state index contributed by atoms with van der Waals surface area (Å²) in [4.78, 5) is 13.0. The van der Waals surface area contributed by atoms with Crippen molar-refractivity contribution < 1.29 is 14.1 Å². The predicted molar refractivity (Wildman–Crippen MR) is 89.6 cm³/mol. The molecule has 3 nitrogen and oxygen atoms in total. The Kier molecular flexibility index (Phi) is 5.94. The lowest BCUT2D eigenvalue weighted by Gasteiger charge is -2.14. The number of nitrogens with one attached hydrogen (secondary N) is 2. The van der Waals surface area contributed by atoms with Crippen LogP contribution in [0.4, 0.5) is 10.1 Å². The molecule has 2 rings (SSSR count). The molecule has 0 radical (unpaired) electrons. The number of likely N-dealkylation sites (N-methyl/N-ethyl adjacent to an activating group) is 1. The average molecular weight is 387 g/mol. The quantitative estimate of drug-likeness (QED) is 0.814. The maximum atomic E-state index is 13.7. The van der Waals surface area contributed by atoms with Gasteiger partial charge in [0.1, 0.15) is 12.4 Å². The molecule has 0 heterocycles. The van der Waals surface area contributed by atoms with Crippen LogP contribution in [0.15, 0.2) is 46.9 Å². The molecule has 0 aromatic heterocycles.